The van der Waals surface area contributed by atoms with Gasteiger partial charge < -0.3 is 5.32 Å². The molecule has 0 saturated carbocycles. The molecule has 20 heavy (non-hydrogen) atoms. The van der Waals surface area contributed by atoms with Crippen LogP contribution in [-0.2, 0) is 9.84 Å². The summed E-state index contributed by atoms with van der Waals surface area (Å²) in [6, 6.07) is 7.08. The number of rotatable bonds is 6. The third kappa shape index (κ3) is 4.50. The highest BCUT2D eigenvalue weighted by Crippen LogP contribution is 2.25. The lowest BCUT2D eigenvalue weighted by Gasteiger charge is -2.17. The van der Waals surface area contributed by atoms with Crippen molar-refractivity contribution in [3.8, 4) is 0 Å². The zero-order valence-electron chi connectivity index (χ0n) is 12.1. The summed E-state index contributed by atoms with van der Waals surface area (Å²) in [6.07, 6.45) is 2.53. The van der Waals surface area contributed by atoms with Crippen LogP contribution in [0, 0.1) is 6.92 Å². The maximum Gasteiger partial charge on any atom is 0.179 e. The monoisotopic (exact) mass is 313 g/mol. The van der Waals surface area contributed by atoms with E-state index in [1.807, 2.05) is 37.7 Å². The number of aryl methyl sites for hydroxylation is 1. The van der Waals surface area contributed by atoms with Gasteiger partial charge in [-0.1, -0.05) is 17.7 Å². The molecule has 0 amide bonds. The number of thioether (sulfide) groups is 1. The first-order valence-electron chi connectivity index (χ1n) is 7.12. The van der Waals surface area contributed by atoms with Crippen molar-refractivity contribution in [1.29, 1.82) is 0 Å². The van der Waals surface area contributed by atoms with Crippen molar-refractivity contribution in [2.24, 2.45) is 0 Å². The topological polar surface area (TPSA) is 46.2 Å². The van der Waals surface area contributed by atoms with Crippen LogP contribution in [0.3, 0.4) is 0 Å². The van der Waals surface area contributed by atoms with Gasteiger partial charge in [-0.15, -0.1) is 0 Å². The smallest absolute Gasteiger partial charge is 0.179 e. The van der Waals surface area contributed by atoms with Gasteiger partial charge in [-0.2, -0.15) is 11.8 Å². The molecule has 1 aliphatic rings. The summed E-state index contributed by atoms with van der Waals surface area (Å²) in [4.78, 5) is 0.423. The molecule has 2 atom stereocenters. The minimum atomic E-state index is -3.19. The third-order valence-corrected chi connectivity index (χ3v) is 6.89. The fourth-order valence-electron chi connectivity index (χ4n) is 2.37. The van der Waals surface area contributed by atoms with Gasteiger partial charge in [0.25, 0.3) is 0 Å². The van der Waals surface area contributed by atoms with Crippen LogP contribution >= 0.6 is 11.8 Å². The van der Waals surface area contributed by atoms with Gasteiger partial charge >= 0.3 is 0 Å². The van der Waals surface area contributed by atoms with Crippen LogP contribution < -0.4 is 5.32 Å². The lowest BCUT2D eigenvalue weighted by Crippen LogP contribution is -2.36. The van der Waals surface area contributed by atoms with E-state index >= 15 is 0 Å². The van der Waals surface area contributed by atoms with Gasteiger partial charge in [-0.25, -0.2) is 8.42 Å². The van der Waals surface area contributed by atoms with Crippen molar-refractivity contribution in [2.45, 2.75) is 42.9 Å². The molecule has 0 unspecified atom stereocenters. The summed E-state index contributed by atoms with van der Waals surface area (Å²) in [5, 5.41) is 4.01. The summed E-state index contributed by atoms with van der Waals surface area (Å²) in [7, 11) is -3.19. The SMILES string of the molecule is Cc1ccc(S(=O)(=O)C[C@@H](C)NC[C@H]2CCCS2)cc1. The Labute approximate surface area is 126 Å². The Morgan fingerprint density at radius 2 is 2.05 bits per heavy atom. The average molecular weight is 313 g/mol. The fraction of sp³-hybridized carbons (Fsp3) is 0.600. The van der Waals surface area contributed by atoms with Crippen molar-refractivity contribution < 1.29 is 8.42 Å². The number of sulfone groups is 1. The van der Waals surface area contributed by atoms with E-state index in [-0.39, 0.29) is 11.8 Å². The van der Waals surface area contributed by atoms with Crippen LogP contribution in [0.2, 0.25) is 0 Å². The maximum atomic E-state index is 12.3. The summed E-state index contributed by atoms with van der Waals surface area (Å²) in [6.45, 7) is 4.82. The molecule has 0 spiro atoms. The Bertz CT molecular complexity index is 519. The second-order valence-corrected chi connectivity index (χ2v) is 8.98. The summed E-state index contributed by atoms with van der Waals surface area (Å²) >= 11 is 1.99. The number of benzene rings is 1. The number of nitrogens with one attached hydrogen (secondary N) is 1. The molecule has 0 bridgehead atoms. The average Bonchev–Trinajstić information content (AvgIpc) is 2.89. The predicted octanol–water partition coefficient (Wildman–Crippen LogP) is 2.64. The molecule has 1 heterocycles. The standard InChI is InChI=1S/C15H23NO2S2/c1-12-5-7-15(8-6-12)20(17,18)11-13(2)16-10-14-4-3-9-19-14/h5-8,13-14,16H,3-4,9-11H2,1-2H3/t13-,14-/m1/s1. The van der Waals surface area contributed by atoms with Crippen LogP contribution in [0.1, 0.15) is 25.3 Å². The largest absolute Gasteiger partial charge is 0.312 e. The van der Waals surface area contributed by atoms with Gasteiger partial charge in [0, 0.05) is 17.8 Å². The van der Waals surface area contributed by atoms with Crippen LogP contribution in [-0.4, -0.2) is 37.8 Å². The van der Waals surface area contributed by atoms with Crippen molar-refractivity contribution in [1.82, 2.24) is 5.32 Å². The Hall–Kier alpha value is -0.520. The van der Waals surface area contributed by atoms with Crippen LogP contribution in [0.5, 0.6) is 0 Å². The lowest BCUT2D eigenvalue weighted by atomic mass is 10.2. The van der Waals surface area contributed by atoms with E-state index in [1.165, 1.54) is 18.6 Å². The van der Waals surface area contributed by atoms with E-state index < -0.39 is 9.84 Å². The molecule has 0 aliphatic carbocycles. The lowest BCUT2D eigenvalue weighted by molar-refractivity contribution is 0.549. The Balaban J connectivity index is 1.88. The molecular weight excluding hydrogens is 290 g/mol. The normalized spacial score (nSPS) is 21.0. The van der Waals surface area contributed by atoms with Gasteiger partial charge in [-0.05, 0) is 44.6 Å². The first kappa shape index (κ1) is 15.9. The molecule has 1 aromatic carbocycles. The first-order valence-corrected chi connectivity index (χ1v) is 9.82. The van der Waals surface area contributed by atoms with Crippen LogP contribution in [0.15, 0.2) is 29.2 Å². The molecule has 112 valence electrons. The highest BCUT2D eigenvalue weighted by molar-refractivity contribution is 8.00. The van der Waals surface area contributed by atoms with Crippen molar-refractivity contribution in [2.75, 3.05) is 18.1 Å². The molecule has 0 aromatic heterocycles. The predicted molar refractivity (Wildman–Crippen MR) is 86.2 cm³/mol. The second kappa shape index (κ2) is 6.96. The fourth-order valence-corrected chi connectivity index (χ4v) is 5.10. The third-order valence-electron chi connectivity index (χ3n) is 3.57. The summed E-state index contributed by atoms with van der Waals surface area (Å²) in [5.41, 5.74) is 1.08. The highest BCUT2D eigenvalue weighted by Gasteiger charge is 2.20. The zero-order valence-corrected chi connectivity index (χ0v) is 13.8. The maximum absolute atomic E-state index is 12.3. The molecule has 1 aromatic rings. The van der Waals surface area contributed by atoms with Crippen molar-refractivity contribution in [3.63, 3.8) is 0 Å². The van der Waals surface area contributed by atoms with Gasteiger partial charge in [0.15, 0.2) is 9.84 Å². The van der Waals surface area contributed by atoms with E-state index in [1.54, 1.807) is 12.1 Å². The van der Waals surface area contributed by atoms with Gasteiger partial charge in [0.05, 0.1) is 10.6 Å². The minimum absolute atomic E-state index is 0.0116. The van der Waals surface area contributed by atoms with Crippen molar-refractivity contribution in [3.05, 3.63) is 29.8 Å². The molecule has 1 fully saturated rings. The Kier molecular flexibility index (Phi) is 5.52. The van der Waals surface area contributed by atoms with Gasteiger partial charge in [0.2, 0.25) is 0 Å². The van der Waals surface area contributed by atoms with E-state index in [9.17, 15) is 8.42 Å². The summed E-state index contributed by atoms with van der Waals surface area (Å²) < 4.78 is 24.6. The van der Waals surface area contributed by atoms with E-state index in [0.717, 1.165) is 12.1 Å². The van der Waals surface area contributed by atoms with Crippen LogP contribution in [0.25, 0.3) is 0 Å². The van der Waals surface area contributed by atoms with E-state index in [0.29, 0.717) is 10.1 Å². The van der Waals surface area contributed by atoms with E-state index in [4.69, 9.17) is 0 Å². The number of hydrogen-bond acceptors (Lipinski definition) is 4. The molecule has 1 aliphatic heterocycles. The minimum Gasteiger partial charge on any atom is -0.312 e. The molecule has 1 saturated heterocycles. The number of hydrogen-bond donors (Lipinski definition) is 1. The Morgan fingerprint density at radius 1 is 1.35 bits per heavy atom. The van der Waals surface area contributed by atoms with Gasteiger partial charge in [-0.3, -0.25) is 0 Å². The molecule has 1 N–H and O–H groups in total. The first-order chi connectivity index (χ1) is 9.47. The quantitative estimate of drug-likeness (QED) is 0.877. The molecule has 2 rings (SSSR count). The van der Waals surface area contributed by atoms with Gasteiger partial charge in [0.1, 0.15) is 0 Å². The molecule has 0 radical (unpaired) electrons. The Morgan fingerprint density at radius 3 is 2.65 bits per heavy atom. The van der Waals surface area contributed by atoms with Crippen molar-refractivity contribution >= 4 is 21.6 Å². The van der Waals surface area contributed by atoms with Crippen LogP contribution in [0.4, 0.5) is 0 Å². The summed E-state index contributed by atoms with van der Waals surface area (Å²) in [5.74, 6) is 1.40. The zero-order chi connectivity index (χ0) is 14.6. The molecule has 5 heteroatoms. The second-order valence-electron chi connectivity index (χ2n) is 5.54. The molecular formula is C15H23NO2S2. The highest BCUT2D eigenvalue weighted by atomic mass is 32.2. The van der Waals surface area contributed by atoms with E-state index in [2.05, 4.69) is 5.32 Å². The molecule has 3 nitrogen and oxygen atoms in total.